The van der Waals surface area contributed by atoms with Crippen LogP contribution in [0.3, 0.4) is 0 Å². The number of hydrogen-bond donors (Lipinski definition) is 2. The third-order valence-electron chi connectivity index (χ3n) is 10.6. The topological polar surface area (TPSA) is 112 Å². The van der Waals surface area contributed by atoms with E-state index in [4.69, 9.17) is 18.9 Å². The van der Waals surface area contributed by atoms with Crippen LogP contribution in [0.1, 0.15) is 54.1 Å². The summed E-state index contributed by atoms with van der Waals surface area (Å²) in [6.07, 6.45) is 7.80. The van der Waals surface area contributed by atoms with Gasteiger partial charge in [-0.15, -0.1) is 0 Å². The minimum absolute atomic E-state index is 0.0574. The van der Waals surface area contributed by atoms with E-state index in [2.05, 4.69) is 36.4 Å². The number of ether oxygens (including phenoxy) is 4. The Morgan fingerprint density at radius 3 is 1.33 bits per heavy atom. The fourth-order valence-corrected chi connectivity index (χ4v) is 7.67. The first-order valence-electron chi connectivity index (χ1n) is 19.7. The maximum atomic E-state index is 13.0. The normalized spacial score (nSPS) is 12.1. The van der Waals surface area contributed by atoms with E-state index in [0.717, 1.165) is 54.9 Å². The van der Waals surface area contributed by atoms with Crippen LogP contribution in [0.15, 0.2) is 158 Å². The van der Waals surface area contributed by atoms with Crippen molar-refractivity contribution in [3.05, 3.63) is 202 Å². The molecule has 1 heterocycles. The number of aliphatic hydroxyl groups is 2. The molecule has 0 spiro atoms. The van der Waals surface area contributed by atoms with Gasteiger partial charge in [-0.05, 0) is 104 Å². The van der Waals surface area contributed by atoms with Crippen molar-refractivity contribution in [2.45, 2.75) is 13.2 Å². The molecule has 0 amide bonds. The highest BCUT2D eigenvalue weighted by Crippen LogP contribution is 2.50. The van der Waals surface area contributed by atoms with Crippen LogP contribution < -0.4 is 18.9 Å². The fourth-order valence-electron chi connectivity index (χ4n) is 7.67. The first-order chi connectivity index (χ1) is 30.0. The Morgan fingerprint density at radius 1 is 0.492 bits per heavy atom. The molecule has 2 N–H and O–H groups in total. The van der Waals surface area contributed by atoms with Crippen LogP contribution in [0.2, 0.25) is 0 Å². The second-order valence-electron chi connectivity index (χ2n) is 14.4. The Bertz CT molecular complexity index is 2800. The molecule has 0 saturated carbocycles. The summed E-state index contributed by atoms with van der Waals surface area (Å²) in [7, 11) is 0. The molecule has 0 saturated heterocycles. The average molecular weight is 803 g/mol. The van der Waals surface area contributed by atoms with Crippen LogP contribution >= 0.6 is 0 Å². The van der Waals surface area contributed by atoms with Crippen LogP contribution in [0.4, 0.5) is 0 Å². The van der Waals surface area contributed by atoms with Gasteiger partial charge in [0.15, 0.2) is 0 Å². The SMILES string of the molecule is O=C(Oc1ccccc1)c1ccc(/C=C\c2cc3ccccc3c3c2OCOc2c(/C=C\c4ccc(C(=O)Oc5ccccc5)c(CO)c4)cc4ccccc4c2-3)cc1CO. The first-order valence-corrected chi connectivity index (χ1v) is 19.7. The number of rotatable bonds is 10. The molecule has 8 aromatic carbocycles. The number of hydrogen-bond acceptors (Lipinski definition) is 8. The Kier molecular flexibility index (Phi) is 10.9. The van der Waals surface area contributed by atoms with Gasteiger partial charge in [0.25, 0.3) is 0 Å². The second-order valence-corrected chi connectivity index (χ2v) is 14.4. The standard InChI is InChI=1S/C53H38O8/c54-31-40-27-34(21-25-46(40)52(56)60-42-13-3-1-4-14-42)19-23-38-29-36-11-7-9-17-44(36)48-49-45-18-10-8-12-37(45)30-39(51(49)59-33-58-50(38)48)24-20-35-22-26-47(41(28-35)32-55)53(57)61-43-15-5-2-6-16-43/h1-30,54-55H,31-33H2/b23-19-,24-20-. The average Bonchev–Trinajstić information content (AvgIpc) is 3.51. The number of aliphatic hydroxyl groups excluding tert-OH is 2. The van der Waals surface area contributed by atoms with Gasteiger partial charge in [0.05, 0.1) is 24.3 Å². The lowest BCUT2D eigenvalue weighted by atomic mass is 9.88. The smallest absolute Gasteiger partial charge is 0.343 e. The number of carbonyl (C=O) groups excluding carboxylic acids is 2. The summed E-state index contributed by atoms with van der Waals surface area (Å²) < 4.78 is 24.1. The zero-order valence-corrected chi connectivity index (χ0v) is 32.8. The number of para-hydroxylation sites is 2. The van der Waals surface area contributed by atoms with Crippen LogP contribution in [0.25, 0.3) is 57.0 Å². The molecule has 0 aromatic heterocycles. The van der Waals surface area contributed by atoms with Crippen molar-refractivity contribution in [2.75, 3.05) is 6.79 Å². The van der Waals surface area contributed by atoms with E-state index in [1.807, 2.05) is 72.8 Å². The number of benzene rings is 8. The molecule has 0 unspecified atom stereocenters. The van der Waals surface area contributed by atoms with E-state index >= 15 is 0 Å². The van der Waals surface area contributed by atoms with Gasteiger partial charge in [-0.3, -0.25) is 0 Å². The van der Waals surface area contributed by atoms with Crippen molar-refractivity contribution in [3.63, 3.8) is 0 Å². The van der Waals surface area contributed by atoms with E-state index in [-0.39, 0.29) is 31.1 Å². The second kappa shape index (κ2) is 17.2. The van der Waals surface area contributed by atoms with Crippen LogP contribution in [0.5, 0.6) is 23.0 Å². The maximum absolute atomic E-state index is 13.0. The van der Waals surface area contributed by atoms with E-state index < -0.39 is 11.9 Å². The minimum atomic E-state index is -0.548. The Hall–Kier alpha value is -7.78. The van der Waals surface area contributed by atoms with Gasteiger partial charge in [0, 0.05) is 22.3 Å². The van der Waals surface area contributed by atoms with Crippen molar-refractivity contribution >= 4 is 57.8 Å². The summed E-state index contributed by atoms with van der Waals surface area (Å²) in [6.45, 7) is -0.743. The maximum Gasteiger partial charge on any atom is 0.343 e. The van der Waals surface area contributed by atoms with Gasteiger partial charge in [-0.1, -0.05) is 121 Å². The fraction of sp³-hybridized carbons (Fsp3) is 0.0566. The highest BCUT2D eigenvalue weighted by Gasteiger charge is 2.26. The summed E-state index contributed by atoms with van der Waals surface area (Å²) in [6, 6.07) is 48.6. The van der Waals surface area contributed by atoms with Crippen molar-refractivity contribution in [2.24, 2.45) is 0 Å². The van der Waals surface area contributed by atoms with Gasteiger partial charge in [0.1, 0.15) is 23.0 Å². The molecule has 0 atom stereocenters. The highest BCUT2D eigenvalue weighted by atomic mass is 16.7. The summed E-state index contributed by atoms with van der Waals surface area (Å²) in [4.78, 5) is 26.1. The molecule has 9 rings (SSSR count). The molecule has 1 aliphatic rings. The summed E-state index contributed by atoms with van der Waals surface area (Å²) >= 11 is 0. The molecule has 0 bridgehead atoms. The highest BCUT2D eigenvalue weighted by molar-refractivity contribution is 6.12. The lowest BCUT2D eigenvalue weighted by Gasteiger charge is -2.17. The molecule has 8 heteroatoms. The lowest BCUT2D eigenvalue weighted by molar-refractivity contribution is 0.0722. The molecule has 8 aromatic rings. The van der Waals surface area contributed by atoms with Gasteiger partial charge < -0.3 is 29.2 Å². The predicted molar refractivity (Wildman–Crippen MR) is 238 cm³/mol. The van der Waals surface area contributed by atoms with Crippen LogP contribution in [0, 0.1) is 0 Å². The van der Waals surface area contributed by atoms with Crippen molar-refractivity contribution < 1.29 is 38.7 Å². The molecule has 298 valence electrons. The Labute approximate surface area is 351 Å². The van der Waals surface area contributed by atoms with E-state index in [9.17, 15) is 19.8 Å². The Balaban J connectivity index is 1.10. The monoisotopic (exact) mass is 802 g/mol. The third-order valence-corrected chi connectivity index (χ3v) is 10.6. The summed E-state index contributed by atoms with van der Waals surface area (Å²) in [5.74, 6) is 1.04. The van der Waals surface area contributed by atoms with Crippen molar-refractivity contribution in [1.82, 2.24) is 0 Å². The minimum Gasteiger partial charge on any atom is -0.456 e. The van der Waals surface area contributed by atoms with Gasteiger partial charge in [-0.25, -0.2) is 9.59 Å². The van der Waals surface area contributed by atoms with Crippen LogP contribution in [-0.2, 0) is 13.2 Å². The van der Waals surface area contributed by atoms with Gasteiger partial charge >= 0.3 is 11.9 Å². The quantitative estimate of drug-likeness (QED) is 0.0799. The lowest BCUT2D eigenvalue weighted by Crippen LogP contribution is -2.11. The molecule has 0 fully saturated rings. The Morgan fingerprint density at radius 2 is 0.902 bits per heavy atom. The van der Waals surface area contributed by atoms with Gasteiger partial charge in [-0.2, -0.15) is 0 Å². The predicted octanol–water partition coefficient (Wildman–Crippen LogP) is 11.2. The van der Waals surface area contributed by atoms with Crippen molar-refractivity contribution in [3.8, 4) is 34.1 Å². The molecular formula is C53H38O8. The van der Waals surface area contributed by atoms with Gasteiger partial charge in [0.2, 0.25) is 6.79 Å². The molecule has 0 aliphatic carbocycles. The van der Waals surface area contributed by atoms with E-state index in [1.165, 1.54) is 0 Å². The molecule has 0 radical (unpaired) electrons. The van der Waals surface area contributed by atoms with Crippen molar-refractivity contribution in [1.29, 1.82) is 0 Å². The molecule has 61 heavy (non-hydrogen) atoms. The first kappa shape index (κ1) is 38.7. The number of esters is 2. The largest absolute Gasteiger partial charge is 0.456 e. The summed E-state index contributed by atoms with van der Waals surface area (Å²) in [5, 5.41) is 24.5. The van der Waals surface area contributed by atoms with Crippen LogP contribution in [-0.4, -0.2) is 28.9 Å². The molecular weight excluding hydrogens is 765 g/mol. The zero-order valence-electron chi connectivity index (χ0n) is 32.8. The molecule has 1 aliphatic heterocycles. The number of carbonyl (C=O) groups is 2. The summed E-state index contributed by atoms with van der Waals surface area (Å²) in [5.41, 5.74) is 6.40. The van der Waals surface area contributed by atoms with E-state index in [0.29, 0.717) is 34.1 Å². The molecule has 8 nitrogen and oxygen atoms in total. The third kappa shape index (κ3) is 8.01. The zero-order chi connectivity index (χ0) is 41.7. The number of fused-ring (bicyclic) bond motifs is 7. The van der Waals surface area contributed by atoms with E-state index in [1.54, 1.807) is 72.8 Å².